The number of hydrogen-bond acceptors (Lipinski definition) is 4. The molecule has 0 amide bonds. The third kappa shape index (κ3) is 5.39. The Balaban J connectivity index is 2.54. The van der Waals surface area contributed by atoms with Crippen LogP contribution >= 0.6 is 0 Å². The fourth-order valence-corrected chi connectivity index (χ4v) is 2.44. The molecule has 1 aromatic rings. The number of hydrogen-bond donors (Lipinski definition) is 1. The van der Waals surface area contributed by atoms with Gasteiger partial charge in [-0.3, -0.25) is 0 Å². The Labute approximate surface area is 114 Å². The van der Waals surface area contributed by atoms with Crippen LogP contribution in [0.25, 0.3) is 0 Å². The molecule has 0 atom stereocenters. The predicted octanol–water partition coefficient (Wildman–Crippen LogP) is 1.51. The molecule has 5 nitrogen and oxygen atoms in total. The van der Waals surface area contributed by atoms with Gasteiger partial charge in [-0.25, -0.2) is 13.1 Å². The van der Waals surface area contributed by atoms with Crippen LogP contribution in [-0.4, -0.2) is 28.2 Å². The SMILES string of the molecule is CC(C)COCCNS(=O)(=O)c1cccc(C#N)c1. The number of nitrogens with zero attached hydrogens (tertiary/aromatic N) is 1. The number of benzene rings is 1. The molecule has 0 bridgehead atoms. The van der Waals surface area contributed by atoms with Crippen LogP contribution in [0.15, 0.2) is 29.2 Å². The van der Waals surface area contributed by atoms with E-state index in [1.165, 1.54) is 12.1 Å². The molecule has 0 fully saturated rings. The molecule has 0 saturated heterocycles. The van der Waals surface area contributed by atoms with Gasteiger partial charge in [0.05, 0.1) is 23.1 Å². The van der Waals surface area contributed by atoms with Crippen molar-refractivity contribution in [2.75, 3.05) is 19.8 Å². The molecule has 104 valence electrons. The van der Waals surface area contributed by atoms with Crippen molar-refractivity contribution in [3.63, 3.8) is 0 Å². The second-order valence-corrected chi connectivity index (χ2v) is 6.27. The van der Waals surface area contributed by atoms with Crippen molar-refractivity contribution in [3.05, 3.63) is 29.8 Å². The van der Waals surface area contributed by atoms with E-state index < -0.39 is 10.0 Å². The van der Waals surface area contributed by atoms with Crippen LogP contribution in [0.3, 0.4) is 0 Å². The highest BCUT2D eigenvalue weighted by Crippen LogP contribution is 2.10. The van der Waals surface area contributed by atoms with Gasteiger partial charge in [0.1, 0.15) is 0 Å². The van der Waals surface area contributed by atoms with Gasteiger partial charge in [0.15, 0.2) is 0 Å². The maximum Gasteiger partial charge on any atom is 0.240 e. The lowest BCUT2D eigenvalue weighted by Crippen LogP contribution is -2.27. The van der Waals surface area contributed by atoms with E-state index in [1.54, 1.807) is 12.1 Å². The van der Waals surface area contributed by atoms with Gasteiger partial charge in [0, 0.05) is 13.2 Å². The fourth-order valence-electron chi connectivity index (χ4n) is 1.38. The van der Waals surface area contributed by atoms with E-state index in [0.29, 0.717) is 24.7 Å². The molecule has 0 aliphatic heterocycles. The highest BCUT2D eigenvalue weighted by atomic mass is 32.2. The summed E-state index contributed by atoms with van der Waals surface area (Å²) in [5, 5.41) is 8.74. The second kappa shape index (κ2) is 7.24. The Hall–Kier alpha value is -1.42. The molecule has 0 saturated carbocycles. The van der Waals surface area contributed by atoms with Gasteiger partial charge in [-0.15, -0.1) is 0 Å². The standard InChI is InChI=1S/C13H18N2O3S/c1-11(2)10-18-7-6-15-19(16,17)13-5-3-4-12(8-13)9-14/h3-5,8,11,15H,6-7,10H2,1-2H3. The quantitative estimate of drug-likeness (QED) is 0.769. The van der Waals surface area contributed by atoms with Crippen molar-refractivity contribution in [3.8, 4) is 6.07 Å². The lowest BCUT2D eigenvalue weighted by molar-refractivity contribution is 0.114. The molecular formula is C13H18N2O3S. The number of sulfonamides is 1. The van der Waals surface area contributed by atoms with E-state index in [2.05, 4.69) is 4.72 Å². The first kappa shape index (κ1) is 15.6. The number of nitriles is 1. The Bertz CT molecular complexity index is 547. The summed E-state index contributed by atoms with van der Waals surface area (Å²) in [5.74, 6) is 0.420. The minimum atomic E-state index is -3.57. The molecule has 0 spiro atoms. The lowest BCUT2D eigenvalue weighted by atomic mass is 10.2. The van der Waals surface area contributed by atoms with Crippen LogP contribution in [0.4, 0.5) is 0 Å². The van der Waals surface area contributed by atoms with E-state index in [-0.39, 0.29) is 11.4 Å². The Morgan fingerprint density at radius 1 is 1.42 bits per heavy atom. The zero-order chi connectivity index (χ0) is 14.3. The molecule has 1 aromatic carbocycles. The molecule has 6 heteroatoms. The summed E-state index contributed by atoms with van der Waals surface area (Å²) < 4.78 is 31.6. The summed E-state index contributed by atoms with van der Waals surface area (Å²) in [7, 11) is -3.57. The zero-order valence-electron chi connectivity index (χ0n) is 11.1. The van der Waals surface area contributed by atoms with Gasteiger partial charge in [0.25, 0.3) is 0 Å². The second-order valence-electron chi connectivity index (χ2n) is 4.51. The average Bonchev–Trinajstić information content (AvgIpc) is 2.38. The maximum atomic E-state index is 11.9. The Kier molecular flexibility index (Phi) is 5.96. The molecule has 0 aliphatic carbocycles. The molecule has 0 heterocycles. The topological polar surface area (TPSA) is 79.2 Å². The summed E-state index contributed by atoms with van der Waals surface area (Å²) >= 11 is 0. The first-order chi connectivity index (χ1) is 8.95. The molecule has 0 aromatic heterocycles. The monoisotopic (exact) mass is 282 g/mol. The highest BCUT2D eigenvalue weighted by Gasteiger charge is 2.13. The van der Waals surface area contributed by atoms with E-state index in [4.69, 9.17) is 10.00 Å². The van der Waals surface area contributed by atoms with Crippen molar-refractivity contribution in [2.45, 2.75) is 18.7 Å². The van der Waals surface area contributed by atoms with Gasteiger partial charge in [-0.1, -0.05) is 19.9 Å². The molecule has 0 aliphatic rings. The van der Waals surface area contributed by atoms with Crippen molar-refractivity contribution >= 4 is 10.0 Å². The summed E-state index contributed by atoms with van der Waals surface area (Å²) in [6.45, 7) is 5.20. The molecule has 1 rings (SSSR count). The van der Waals surface area contributed by atoms with Crippen LogP contribution < -0.4 is 4.72 Å². The predicted molar refractivity (Wildman–Crippen MR) is 72.0 cm³/mol. The minimum absolute atomic E-state index is 0.0930. The number of ether oxygens (including phenoxy) is 1. The van der Waals surface area contributed by atoms with Gasteiger partial charge in [-0.05, 0) is 24.1 Å². The first-order valence-electron chi connectivity index (χ1n) is 6.03. The van der Waals surface area contributed by atoms with E-state index >= 15 is 0 Å². The first-order valence-corrected chi connectivity index (χ1v) is 7.51. The van der Waals surface area contributed by atoms with Crippen molar-refractivity contribution in [1.29, 1.82) is 5.26 Å². The van der Waals surface area contributed by atoms with Gasteiger partial charge in [0.2, 0.25) is 10.0 Å². The third-order valence-corrected chi connectivity index (χ3v) is 3.72. The van der Waals surface area contributed by atoms with Crippen molar-refractivity contribution < 1.29 is 13.2 Å². The Morgan fingerprint density at radius 2 is 2.16 bits per heavy atom. The highest BCUT2D eigenvalue weighted by molar-refractivity contribution is 7.89. The van der Waals surface area contributed by atoms with Crippen LogP contribution in [0, 0.1) is 17.2 Å². The van der Waals surface area contributed by atoms with Crippen molar-refractivity contribution in [1.82, 2.24) is 4.72 Å². The third-order valence-electron chi connectivity index (χ3n) is 2.26. The van der Waals surface area contributed by atoms with Crippen LogP contribution in [-0.2, 0) is 14.8 Å². The Morgan fingerprint density at radius 3 is 2.79 bits per heavy atom. The molecule has 1 N–H and O–H groups in total. The summed E-state index contributed by atoms with van der Waals surface area (Å²) in [6.07, 6.45) is 0. The normalized spacial score (nSPS) is 11.5. The fraction of sp³-hybridized carbons (Fsp3) is 0.462. The maximum absolute atomic E-state index is 11.9. The van der Waals surface area contributed by atoms with E-state index in [9.17, 15) is 8.42 Å². The van der Waals surface area contributed by atoms with Gasteiger partial charge < -0.3 is 4.74 Å². The number of nitrogens with one attached hydrogen (secondary N) is 1. The molecule has 0 radical (unpaired) electrons. The molecule has 19 heavy (non-hydrogen) atoms. The summed E-state index contributed by atoms with van der Waals surface area (Å²) in [4.78, 5) is 0.0930. The molecule has 0 unspecified atom stereocenters. The summed E-state index contributed by atoms with van der Waals surface area (Å²) in [6, 6.07) is 7.82. The zero-order valence-corrected chi connectivity index (χ0v) is 11.9. The smallest absolute Gasteiger partial charge is 0.240 e. The average molecular weight is 282 g/mol. The minimum Gasteiger partial charge on any atom is -0.380 e. The lowest BCUT2D eigenvalue weighted by Gasteiger charge is -2.09. The van der Waals surface area contributed by atoms with Crippen LogP contribution in [0.5, 0.6) is 0 Å². The van der Waals surface area contributed by atoms with Crippen LogP contribution in [0.1, 0.15) is 19.4 Å². The van der Waals surface area contributed by atoms with Crippen LogP contribution in [0.2, 0.25) is 0 Å². The van der Waals surface area contributed by atoms with E-state index in [1.807, 2.05) is 19.9 Å². The largest absolute Gasteiger partial charge is 0.380 e. The van der Waals surface area contributed by atoms with Gasteiger partial charge >= 0.3 is 0 Å². The molecular weight excluding hydrogens is 264 g/mol. The van der Waals surface area contributed by atoms with Crippen molar-refractivity contribution in [2.24, 2.45) is 5.92 Å². The van der Waals surface area contributed by atoms with E-state index in [0.717, 1.165) is 0 Å². The summed E-state index contributed by atoms with van der Waals surface area (Å²) in [5.41, 5.74) is 0.318. The number of rotatable bonds is 7. The van der Waals surface area contributed by atoms with Gasteiger partial charge in [-0.2, -0.15) is 5.26 Å².